The molecule has 2 nitrogen and oxygen atoms in total. The predicted octanol–water partition coefficient (Wildman–Crippen LogP) is 2.44. The van der Waals surface area contributed by atoms with Crippen LogP contribution in [0.25, 0.3) is 6.08 Å². The molecule has 1 saturated heterocycles. The molecule has 0 aromatic heterocycles. The number of benzene rings is 1. The smallest absolute Gasteiger partial charge is 0.119 e. The summed E-state index contributed by atoms with van der Waals surface area (Å²) in [4.78, 5) is 0. The summed E-state index contributed by atoms with van der Waals surface area (Å²) in [6, 6.07) is 6.00. The number of methoxy groups -OCH3 is 1. The summed E-state index contributed by atoms with van der Waals surface area (Å²) in [7, 11) is 1.69. The second-order valence-electron chi connectivity index (χ2n) is 3.29. The van der Waals surface area contributed by atoms with Gasteiger partial charge in [0.2, 0.25) is 0 Å². The van der Waals surface area contributed by atoms with Gasteiger partial charge in [-0.25, -0.2) is 0 Å². The van der Waals surface area contributed by atoms with Gasteiger partial charge in [0.05, 0.1) is 7.11 Å². The Morgan fingerprint density at radius 1 is 1.43 bits per heavy atom. The largest absolute Gasteiger partial charge is 0.497 e. The van der Waals surface area contributed by atoms with E-state index in [1.54, 1.807) is 7.11 Å². The zero-order chi connectivity index (χ0) is 9.97. The van der Waals surface area contributed by atoms with Crippen LogP contribution in [0.15, 0.2) is 28.2 Å². The molecular formula is C11H12BrNO. The van der Waals surface area contributed by atoms with Crippen LogP contribution < -0.4 is 10.1 Å². The van der Waals surface area contributed by atoms with Crippen molar-refractivity contribution in [1.82, 2.24) is 5.32 Å². The number of rotatable bonds is 2. The maximum Gasteiger partial charge on any atom is 0.119 e. The van der Waals surface area contributed by atoms with E-state index in [9.17, 15) is 0 Å². The standard InChI is InChI=1S/C11H12BrNO/c1-14-10-2-3-11(12)9(5-10)4-8-6-13-7-8/h2-5,13H,6-7H2,1H3. The minimum atomic E-state index is 0.896. The second kappa shape index (κ2) is 4.15. The third kappa shape index (κ3) is 1.99. The van der Waals surface area contributed by atoms with Crippen molar-refractivity contribution in [2.45, 2.75) is 0 Å². The number of hydrogen-bond acceptors (Lipinski definition) is 2. The molecule has 0 bridgehead atoms. The van der Waals surface area contributed by atoms with Crippen molar-refractivity contribution in [3.05, 3.63) is 33.8 Å². The fraction of sp³-hybridized carbons (Fsp3) is 0.273. The highest BCUT2D eigenvalue weighted by Crippen LogP contribution is 2.25. The molecule has 0 amide bonds. The monoisotopic (exact) mass is 253 g/mol. The number of hydrogen-bond donors (Lipinski definition) is 1. The molecule has 0 saturated carbocycles. The Labute approximate surface area is 92.1 Å². The van der Waals surface area contributed by atoms with Gasteiger partial charge in [-0.05, 0) is 29.3 Å². The minimum absolute atomic E-state index is 0.896. The average Bonchev–Trinajstić information content (AvgIpc) is 2.14. The molecule has 2 rings (SSSR count). The minimum Gasteiger partial charge on any atom is -0.497 e. The van der Waals surface area contributed by atoms with Crippen LogP contribution in [-0.4, -0.2) is 20.2 Å². The predicted molar refractivity (Wildman–Crippen MR) is 61.5 cm³/mol. The lowest BCUT2D eigenvalue weighted by molar-refractivity contribution is 0.414. The summed E-state index contributed by atoms with van der Waals surface area (Å²) in [6.07, 6.45) is 2.20. The highest BCUT2D eigenvalue weighted by Gasteiger charge is 2.08. The maximum absolute atomic E-state index is 5.18. The van der Waals surface area contributed by atoms with Gasteiger partial charge in [-0.1, -0.05) is 22.0 Å². The molecule has 14 heavy (non-hydrogen) atoms. The molecule has 0 aliphatic carbocycles. The Bertz CT molecular complexity index is 368. The molecule has 1 fully saturated rings. The van der Waals surface area contributed by atoms with Crippen LogP contribution in [0.1, 0.15) is 5.56 Å². The maximum atomic E-state index is 5.18. The van der Waals surface area contributed by atoms with Gasteiger partial charge in [0.15, 0.2) is 0 Å². The molecule has 1 aliphatic heterocycles. The van der Waals surface area contributed by atoms with Gasteiger partial charge in [-0.3, -0.25) is 0 Å². The lowest BCUT2D eigenvalue weighted by Gasteiger charge is -2.18. The summed E-state index contributed by atoms with van der Waals surface area (Å²) in [5, 5.41) is 3.21. The van der Waals surface area contributed by atoms with Crippen LogP contribution in [0.4, 0.5) is 0 Å². The van der Waals surface area contributed by atoms with Crippen molar-refractivity contribution in [2.24, 2.45) is 0 Å². The van der Waals surface area contributed by atoms with Gasteiger partial charge < -0.3 is 10.1 Å². The fourth-order valence-electron chi connectivity index (χ4n) is 1.35. The fourth-order valence-corrected chi connectivity index (χ4v) is 1.71. The van der Waals surface area contributed by atoms with Crippen molar-refractivity contribution < 1.29 is 4.74 Å². The van der Waals surface area contributed by atoms with E-state index in [-0.39, 0.29) is 0 Å². The zero-order valence-corrected chi connectivity index (χ0v) is 9.60. The molecule has 1 aromatic rings. The van der Waals surface area contributed by atoms with Gasteiger partial charge in [0.1, 0.15) is 5.75 Å². The van der Waals surface area contributed by atoms with E-state index < -0.39 is 0 Å². The Balaban J connectivity index is 2.30. The molecule has 1 N–H and O–H groups in total. The molecule has 1 heterocycles. The van der Waals surface area contributed by atoms with Gasteiger partial charge in [0.25, 0.3) is 0 Å². The quantitative estimate of drug-likeness (QED) is 0.875. The van der Waals surface area contributed by atoms with Crippen LogP contribution in [0, 0.1) is 0 Å². The molecule has 74 valence electrons. The summed E-state index contributed by atoms with van der Waals surface area (Å²) >= 11 is 3.52. The Kier molecular flexibility index (Phi) is 2.89. The number of ether oxygens (including phenoxy) is 1. The van der Waals surface area contributed by atoms with Crippen LogP contribution in [0.3, 0.4) is 0 Å². The van der Waals surface area contributed by atoms with E-state index in [1.165, 1.54) is 11.1 Å². The molecule has 1 aliphatic rings. The van der Waals surface area contributed by atoms with Gasteiger partial charge in [0, 0.05) is 17.6 Å². The first-order chi connectivity index (χ1) is 6.79. The van der Waals surface area contributed by atoms with E-state index in [0.29, 0.717) is 0 Å². The lowest BCUT2D eigenvalue weighted by Crippen LogP contribution is -2.33. The van der Waals surface area contributed by atoms with Crippen LogP contribution in [-0.2, 0) is 0 Å². The lowest BCUT2D eigenvalue weighted by atomic mass is 10.1. The van der Waals surface area contributed by atoms with Gasteiger partial charge in [-0.2, -0.15) is 0 Å². The van der Waals surface area contributed by atoms with Crippen LogP contribution in [0.5, 0.6) is 5.75 Å². The van der Waals surface area contributed by atoms with Crippen molar-refractivity contribution >= 4 is 22.0 Å². The van der Waals surface area contributed by atoms with E-state index in [4.69, 9.17) is 4.74 Å². The SMILES string of the molecule is COc1ccc(Br)c(C=C2CNC2)c1. The second-order valence-corrected chi connectivity index (χ2v) is 4.15. The van der Waals surface area contributed by atoms with Gasteiger partial charge in [-0.15, -0.1) is 0 Å². The normalized spacial score (nSPS) is 14.9. The average molecular weight is 254 g/mol. The third-order valence-electron chi connectivity index (χ3n) is 2.27. The van der Waals surface area contributed by atoms with Crippen molar-refractivity contribution in [3.8, 4) is 5.75 Å². The van der Waals surface area contributed by atoms with Crippen molar-refractivity contribution in [2.75, 3.05) is 20.2 Å². The Morgan fingerprint density at radius 3 is 2.79 bits per heavy atom. The molecule has 1 aromatic carbocycles. The summed E-state index contributed by atoms with van der Waals surface area (Å²) in [6.45, 7) is 2.01. The van der Waals surface area contributed by atoms with Crippen molar-refractivity contribution in [3.63, 3.8) is 0 Å². The molecular weight excluding hydrogens is 242 g/mol. The van der Waals surface area contributed by atoms with Crippen LogP contribution >= 0.6 is 15.9 Å². The topological polar surface area (TPSA) is 21.3 Å². The molecule has 0 unspecified atom stereocenters. The first-order valence-corrected chi connectivity index (χ1v) is 5.32. The number of nitrogens with one attached hydrogen (secondary N) is 1. The molecule has 3 heteroatoms. The Hall–Kier alpha value is -0.800. The zero-order valence-electron chi connectivity index (χ0n) is 8.01. The third-order valence-corrected chi connectivity index (χ3v) is 2.99. The first-order valence-electron chi connectivity index (χ1n) is 4.53. The summed E-state index contributed by atoms with van der Waals surface area (Å²) in [5.74, 6) is 0.896. The Morgan fingerprint density at radius 2 is 2.21 bits per heavy atom. The number of halogens is 1. The van der Waals surface area contributed by atoms with Gasteiger partial charge >= 0.3 is 0 Å². The summed E-state index contributed by atoms with van der Waals surface area (Å²) < 4.78 is 6.29. The van der Waals surface area contributed by atoms with Crippen molar-refractivity contribution in [1.29, 1.82) is 0 Å². The molecule has 0 spiro atoms. The highest BCUT2D eigenvalue weighted by molar-refractivity contribution is 9.10. The van der Waals surface area contributed by atoms with E-state index in [0.717, 1.165) is 23.3 Å². The van der Waals surface area contributed by atoms with E-state index in [1.807, 2.05) is 18.2 Å². The first kappa shape index (κ1) is 9.74. The molecule has 0 radical (unpaired) electrons. The van der Waals surface area contributed by atoms with Crippen LogP contribution in [0.2, 0.25) is 0 Å². The van der Waals surface area contributed by atoms with E-state index >= 15 is 0 Å². The molecule has 0 atom stereocenters. The summed E-state index contributed by atoms with van der Waals surface area (Å²) in [5.41, 5.74) is 2.61. The van der Waals surface area contributed by atoms with E-state index in [2.05, 4.69) is 27.3 Å². The highest BCUT2D eigenvalue weighted by atomic mass is 79.9.